The Hall–Kier alpha value is -4.43. The van der Waals surface area contributed by atoms with Crippen LogP contribution >= 0.6 is 0 Å². The van der Waals surface area contributed by atoms with Crippen LogP contribution in [0.15, 0.2) is 120 Å². The normalized spacial score (nSPS) is 11.8. The Kier molecular flexibility index (Phi) is 3.73. The van der Waals surface area contributed by atoms with Gasteiger partial charge in [0.2, 0.25) is 0 Å². The van der Waals surface area contributed by atoms with Crippen LogP contribution in [0.3, 0.4) is 0 Å². The first-order valence-corrected chi connectivity index (χ1v) is 11.2. The highest BCUT2D eigenvalue weighted by molar-refractivity contribution is 6.20. The number of aromatic nitrogens is 1. The highest BCUT2D eigenvalue weighted by Crippen LogP contribution is 2.36. The molecule has 0 atom stereocenters. The van der Waals surface area contributed by atoms with Gasteiger partial charge < -0.3 is 0 Å². The summed E-state index contributed by atoms with van der Waals surface area (Å²) in [5.41, 5.74) is 6.72. The van der Waals surface area contributed by atoms with Gasteiger partial charge in [-0.25, -0.2) is 0 Å². The Labute approximate surface area is 190 Å². The van der Waals surface area contributed by atoms with Crippen molar-refractivity contribution >= 4 is 38.0 Å². The predicted octanol–water partition coefficient (Wildman–Crippen LogP) is 7.53. The molecule has 0 unspecified atom stereocenters. The van der Waals surface area contributed by atoms with E-state index in [1.54, 1.807) is 0 Å². The highest BCUT2D eigenvalue weighted by atomic mass is 16.1. The van der Waals surface area contributed by atoms with Crippen LogP contribution in [0.25, 0.3) is 60.2 Å². The second-order valence-corrected chi connectivity index (χ2v) is 8.57. The molecule has 0 radical (unpaired) electrons. The van der Waals surface area contributed by atoms with E-state index in [4.69, 9.17) is 0 Å². The molecule has 2 heteroatoms. The van der Waals surface area contributed by atoms with Crippen molar-refractivity contribution in [3.63, 3.8) is 0 Å². The summed E-state index contributed by atoms with van der Waals surface area (Å²) in [6, 6.07) is 39.8. The smallest absolute Gasteiger partial charge is 0.263 e. The number of fused-ring (bicyclic) bond motifs is 5. The molecule has 154 valence electrons. The predicted molar refractivity (Wildman–Crippen MR) is 138 cm³/mol. The van der Waals surface area contributed by atoms with E-state index in [2.05, 4.69) is 84.9 Å². The lowest BCUT2D eigenvalue weighted by Gasteiger charge is -2.07. The van der Waals surface area contributed by atoms with Gasteiger partial charge in [-0.3, -0.25) is 9.20 Å². The summed E-state index contributed by atoms with van der Waals surface area (Å²) in [5.74, 6) is 0. The average molecular weight is 421 g/mol. The Morgan fingerprint density at radius 1 is 0.424 bits per heavy atom. The van der Waals surface area contributed by atoms with Crippen LogP contribution in [-0.4, -0.2) is 4.40 Å². The van der Waals surface area contributed by atoms with E-state index in [9.17, 15) is 4.79 Å². The van der Waals surface area contributed by atoms with Gasteiger partial charge in [-0.15, -0.1) is 0 Å². The Balaban J connectivity index is 1.53. The van der Waals surface area contributed by atoms with Crippen molar-refractivity contribution in [2.75, 3.05) is 0 Å². The number of nitrogens with zero attached hydrogens (tertiary/aromatic N) is 1. The van der Waals surface area contributed by atoms with Crippen LogP contribution in [0.1, 0.15) is 0 Å². The van der Waals surface area contributed by atoms with E-state index in [0.717, 1.165) is 43.5 Å². The van der Waals surface area contributed by atoms with Crippen LogP contribution in [0.2, 0.25) is 0 Å². The minimum atomic E-state index is 0.0446. The Bertz CT molecular complexity index is 1880. The van der Waals surface area contributed by atoms with E-state index in [1.165, 1.54) is 16.7 Å². The molecule has 0 aliphatic heterocycles. The van der Waals surface area contributed by atoms with Crippen molar-refractivity contribution in [1.29, 1.82) is 0 Å². The van der Waals surface area contributed by atoms with Crippen molar-refractivity contribution in [1.82, 2.24) is 4.40 Å². The molecule has 5 aromatic carbocycles. The van der Waals surface area contributed by atoms with Gasteiger partial charge in [0.25, 0.3) is 5.56 Å². The van der Waals surface area contributed by atoms with E-state index in [1.807, 2.05) is 34.7 Å². The third-order valence-electron chi connectivity index (χ3n) is 6.74. The van der Waals surface area contributed by atoms with Gasteiger partial charge in [0.1, 0.15) is 0 Å². The number of para-hydroxylation sites is 1. The molecular formula is C31H19NO. The van der Waals surface area contributed by atoms with Gasteiger partial charge in [0, 0.05) is 21.5 Å². The molecule has 2 aromatic heterocycles. The second-order valence-electron chi connectivity index (χ2n) is 8.57. The number of benzene rings is 5. The molecule has 0 bridgehead atoms. The van der Waals surface area contributed by atoms with Crippen molar-refractivity contribution in [3.8, 4) is 22.3 Å². The third kappa shape index (κ3) is 2.58. The largest absolute Gasteiger partial charge is 0.275 e. The molecule has 7 rings (SSSR count). The van der Waals surface area contributed by atoms with Gasteiger partial charge in [-0.05, 0) is 51.9 Å². The van der Waals surface area contributed by atoms with Crippen molar-refractivity contribution in [2.24, 2.45) is 0 Å². The van der Waals surface area contributed by atoms with E-state index in [-0.39, 0.29) is 5.56 Å². The lowest BCUT2D eigenvalue weighted by molar-refractivity contribution is 1.21. The van der Waals surface area contributed by atoms with Crippen LogP contribution in [0, 0.1) is 0 Å². The van der Waals surface area contributed by atoms with Gasteiger partial charge in [0.05, 0.1) is 11.0 Å². The van der Waals surface area contributed by atoms with E-state index >= 15 is 0 Å². The molecule has 0 amide bonds. The van der Waals surface area contributed by atoms with Crippen LogP contribution in [0.4, 0.5) is 0 Å². The zero-order chi connectivity index (χ0) is 21.9. The van der Waals surface area contributed by atoms with Gasteiger partial charge in [-0.2, -0.15) is 0 Å². The van der Waals surface area contributed by atoms with Crippen molar-refractivity contribution in [3.05, 3.63) is 126 Å². The highest BCUT2D eigenvalue weighted by Gasteiger charge is 2.17. The maximum absolute atomic E-state index is 13.5. The number of hydrogen-bond donors (Lipinski definition) is 0. The number of hydrogen-bond acceptors (Lipinski definition) is 1. The molecule has 0 aliphatic carbocycles. The molecule has 7 aromatic rings. The number of rotatable bonds is 2. The first-order chi connectivity index (χ1) is 16.3. The van der Waals surface area contributed by atoms with Gasteiger partial charge in [0.15, 0.2) is 0 Å². The Morgan fingerprint density at radius 2 is 1.00 bits per heavy atom. The molecule has 0 saturated heterocycles. The fourth-order valence-electron chi connectivity index (χ4n) is 5.21. The van der Waals surface area contributed by atoms with Crippen LogP contribution < -0.4 is 5.56 Å². The van der Waals surface area contributed by atoms with E-state index < -0.39 is 0 Å². The molecule has 0 aliphatic rings. The second kappa shape index (κ2) is 6.78. The lowest BCUT2D eigenvalue weighted by Crippen LogP contribution is -2.12. The fraction of sp³-hybridized carbons (Fsp3) is 0. The SMILES string of the molecule is O=c1c2ccccc2c2cccc3c4cc(-c5cccc(-c6ccccc6)c5)ccc4n1c23. The zero-order valence-electron chi connectivity index (χ0n) is 17.8. The topological polar surface area (TPSA) is 21.5 Å². The molecular weight excluding hydrogens is 402 g/mol. The Morgan fingerprint density at radius 3 is 1.82 bits per heavy atom. The lowest BCUT2D eigenvalue weighted by atomic mass is 9.98. The molecule has 0 fully saturated rings. The summed E-state index contributed by atoms with van der Waals surface area (Å²) in [5, 5.41) is 5.11. The molecule has 0 spiro atoms. The summed E-state index contributed by atoms with van der Waals surface area (Å²) in [7, 11) is 0. The van der Waals surface area contributed by atoms with Gasteiger partial charge in [-0.1, -0.05) is 91.0 Å². The molecule has 33 heavy (non-hydrogen) atoms. The summed E-state index contributed by atoms with van der Waals surface area (Å²) < 4.78 is 1.90. The summed E-state index contributed by atoms with van der Waals surface area (Å²) in [6.07, 6.45) is 0. The monoisotopic (exact) mass is 421 g/mol. The standard InChI is InChI=1S/C31H19NO/c33-31-27-13-5-4-12-24(27)25-14-7-15-26-28-19-23(16-17-29(28)32(31)30(25)26)22-11-6-10-21(18-22)20-8-2-1-3-9-20/h1-19H. The minimum absolute atomic E-state index is 0.0446. The molecule has 2 heterocycles. The fourth-order valence-corrected chi connectivity index (χ4v) is 5.21. The number of pyridine rings is 1. The zero-order valence-corrected chi connectivity index (χ0v) is 17.8. The minimum Gasteiger partial charge on any atom is -0.275 e. The molecule has 0 N–H and O–H groups in total. The van der Waals surface area contributed by atoms with E-state index in [0.29, 0.717) is 0 Å². The quantitative estimate of drug-likeness (QED) is 0.264. The van der Waals surface area contributed by atoms with Crippen LogP contribution in [-0.2, 0) is 0 Å². The maximum atomic E-state index is 13.5. The van der Waals surface area contributed by atoms with Crippen molar-refractivity contribution in [2.45, 2.75) is 0 Å². The summed E-state index contributed by atoms with van der Waals surface area (Å²) >= 11 is 0. The molecule has 0 saturated carbocycles. The first kappa shape index (κ1) is 18.2. The maximum Gasteiger partial charge on any atom is 0.263 e. The van der Waals surface area contributed by atoms with Crippen LogP contribution in [0.5, 0.6) is 0 Å². The van der Waals surface area contributed by atoms with Crippen molar-refractivity contribution < 1.29 is 0 Å². The molecule has 2 nitrogen and oxygen atoms in total. The average Bonchev–Trinajstić information content (AvgIpc) is 3.23. The van der Waals surface area contributed by atoms with Gasteiger partial charge >= 0.3 is 0 Å². The first-order valence-electron chi connectivity index (χ1n) is 11.2. The summed E-state index contributed by atoms with van der Waals surface area (Å²) in [4.78, 5) is 13.5. The summed E-state index contributed by atoms with van der Waals surface area (Å²) in [6.45, 7) is 0. The third-order valence-corrected chi connectivity index (χ3v) is 6.74.